The molecule has 0 aliphatic carbocycles. The summed E-state index contributed by atoms with van der Waals surface area (Å²) in [5.41, 5.74) is 0. The van der Waals surface area contributed by atoms with E-state index in [1.165, 1.54) is 19.3 Å². The van der Waals surface area contributed by atoms with E-state index in [9.17, 15) is 4.79 Å². The van der Waals surface area contributed by atoms with Crippen molar-refractivity contribution in [3.8, 4) is 0 Å². The van der Waals surface area contributed by atoms with Crippen LogP contribution in [0.4, 0.5) is 0 Å². The van der Waals surface area contributed by atoms with E-state index >= 15 is 0 Å². The van der Waals surface area contributed by atoms with Crippen molar-refractivity contribution in [3.63, 3.8) is 0 Å². The van der Waals surface area contributed by atoms with Crippen LogP contribution in [0.5, 0.6) is 0 Å². The van der Waals surface area contributed by atoms with Gasteiger partial charge in [0, 0.05) is 13.2 Å². The fourth-order valence-electron chi connectivity index (χ4n) is 0.493. The van der Waals surface area contributed by atoms with Crippen molar-refractivity contribution in [1.29, 1.82) is 0 Å². The maximum atomic E-state index is 9.70. The average molecular weight is 286 g/mol. The Labute approximate surface area is 159 Å². The van der Waals surface area contributed by atoms with Crippen LogP contribution < -0.4 is 51.4 Å². The summed E-state index contributed by atoms with van der Waals surface area (Å²) >= 11 is 0. The summed E-state index contributed by atoms with van der Waals surface area (Å²) in [6, 6.07) is 0. The minimum absolute atomic E-state index is 0. The van der Waals surface area contributed by atoms with E-state index in [1.54, 1.807) is 6.92 Å². The zero-order valence-corrected chi connectivity index (χ0v) is 17.1. The molecule has 0 N–H and O–H groups in total. The number of hydrogen-bond acceptors (Lipinski definition) is 2. The third-order valence-electron chi connectivity index (χ3n) is 1.39. The van der Waals surface area contributed by atoms with Crippen LogP contribution in [0.2, 0.25) is 0 Å². The van der Waals surface area contributed by atoms with Crippen LogP contribution in [0.15, 0.2) is 0 Å². The smallest absolute Gasteiger partial charge is 0.381 e. The molecule has 0 spiro atoms. The van der Waals surface area contributed by atoms with Crippen molar-refractivity contribution in [2.75, 3.05) is 13.2 Å². The molecule has 0 rings (SSSR count). The van der Waals surface area contributed by atoms with Gasteiger partial charge in [-0.25, -0.2) is 0 Å². The topological polar surface area (TPSA) is 26.3 Å². The first kappa shape index (κ1) is 31.5. The van der Waals surface area contributed by atoms with E-state index < -0.39 is 0 Å². The quantitative estimate of drug-likeness (QED) is 0.423. The zero-order chi connectivity index (χ0) is 13.2. The molecular weight excluding hydrogens is 251 g/mol. The van der Waals surface area contributed by atoms with Gasteiger partial charge in [0.1, 0.15) is 0 Å². The van der Waals surface area contributed by atoms with Crippen molar-refractivity contribution in [2.45, 2.75) is 66.7 Å². The van der Waals surface area contributed by atoms with Gasteiger partial charge in [-0.3, -0.25) is 0 Å². The molecule has 0 saturated carbocycles. The van der Waals surface area contributed by atoms with Crippen molar-refractivity contribution < 1.29 is 60.9 Å². The van der Waals surface area contributed by atoms with Gasteiger partial charge < -0.3 is 23.9 Å². The van der Waals surface area contributed by atoms with Gasteiger partial charge in [0.2, 0.25) is 0 Å². The number of carbonyl (C=O) groups excluding carboxylic acids is 1. The van der Waals surface area contributed by atoms with Gasteiger partial charge in [-0.05, 0) is 25.0 Å². The summed E-state index contributed by atoms with van der Waals surface area (Å²) < 4.78 is 5.22. The Morgan fingerprint density at radius 3 is 1.61 bits per heavy atom. The molecule has 0 aromatic rings. The van der Waals surface area contributed by atoms with Crippen molar-refractivity contribution in [3.05, 3.63) is 14.4 Å². The summed E-state index contributed by atoms with van der Waals surface area (Å²) in [4.78, 5) is 9.70. The molecule has 0 radical (unpaired) electrons. The van der Waals surface area contributed by atoms with E-state index in [4.69, 9.17) is 4.74 Å². The number of Topliss-reactive ketones (excluding diaryl/α,β-unsaturated/α-hetero) is 1. The monoisotopic (exact) mass is 285 g/mol. The molecule has 18 heavy (non-hydrogen) atoms. The first-order chi connectivity index (χ1) is 7.60. The molecule has 0 amide bonds. The largest absolute Gasteiger partial charge is 1.00 e. The minimum Gasteiger partial charge on any atom is -0.381 e. The maximum absolute atomic E-state index is 9.70. The third kappa shape index (κ3) is 67.4. The molecule has 0 aromatic carbocycles. The van der Waals surface area contributed by atoms with E-state index in [0.29, 0.717) is 6.42 Å². The molecular formula is C15H34KO2-. The van der Waals surface area contributed by atoms with Gasteiger partial charge >= 0.3 is 51.4 Å². The van der Waals surface area contributed by atoms with E-state index in [2.05, 4.69) is 34.6 Å². The Balaban J connectivity index is -0.0000000494. The maximum Gasteiger partial charge on any atom is 1.00 e. The van der Waals surface area contributed by atoms with Crippen LogP contribution in [0, 0.1) is 14.4 Å². The van der Waals surface area contributed by atoms with Crippen LogP contribution in [0.1, 0.15) is 66.7 Å². The second-order valence-electron chi connectivity index (χ2n) is 3.57. The Hall–Kier alpha value is 1.14. The number of ether oxygens (including phenoxy) is 1. The Morgan fingerprint density at radius 2 is 1.39 bits per heavy atom. The van der Waals surface area contributed by atoms with Gasteiger partial charge in [0.15, 0.2) is 0 Å². The molecule has 0 bridgehead atoms. The molecule has 0 saturated heterocycles. The fourth-order valence-corrected chi connectivity index (χ4v) is 0.493. The average Bonchev–Trinajstić information content (AvgIpc) is 2.26. The summed E-state index contributed by atoms with van der Waals surface area (Å²) in [5, 5.41) is 0. The number of ketones is 1. The number of unbranched alkanes of at least 4 members (excludes halogenated alkanes) is 1. The molecule has 2 nitrogen and oxygen atoms in total. The molecule has 3 heteroatoms. The van der Waals surface area contributed by atoms with Crippen molar-refractivity contribution >= 4 is 5.78 Å². The predicted molar refractivity (Wildman–Crippen MR) is 79.1 cm³/mol. The molecule has 0 aromatic heterocycles. The molecule has 108 valence electrons. The van der Waals surface area contributed by atoms with E-state index in [0.717, 1.165) is 19.6 Å². The Bertz CT molecular complexity index is 111. The van der Waals surface area contributed by atoms with Gasteiger partial charge in [-0.2, -0.15) is 0 Å². The summed E-state index contributed by atoms with van der Waals surface area (Å²) in [6.45, 7) is 15.3. The van der Waals surface area contributed by atoms with Crippen LogP contribution in [-0.4, -0.2) is 19.0 Å². The van der Waals surface area contributed by atoms with Gasteiger partial charge in [0.25, 0.3) is 0 Å². The number of hydrogen-bond donors (Lipinski definition) is 0. The zero-order valence-electron chi connectivity index (χ0n) is 14.0. The number of rotatable bonds is 6. The standard InChI is InChI=1S/C7H16O.C4H7O.C3H8.CH3.K/c1-3-5-7-8-6-4-2;1-3-4(2)5;1-3-2;;/h3-7H2,1-2H3;2-3H2,1H3;3H2,1-2H3;1H3;/q;-1;;-1;+1. The first-order valence-corrected chi connectivity index (χ1v) is 6.52. The fraction of sp³-hybridized carbons (Fsp3) is 0.800. The van der Waals surface area contributed by atoms with E-state index in [1.807, 2.05) is 0 Å². The number of carbonyl (C=O) groups is 1. The van der Waals surface area contributed by atoms with E-state index in [-0.39, 0.29) is 64.6 Å². The van der Waals surface area contributed by atoms with Crippen LogP contribution in [-0.2, 0) is 9.53 Å². The normalized spacial score (nSPS) is 7.39. The molecule has 0 aliphatic rings. The second-order valence-corrected chi connectivity index (χ2v) is 3.57. The molecule has 0 aliphatic heterocycles. The Kier molecular flexibility index (Phi) is 63.3. The van der Waals surface area contributed by atoms with Gasteiger partial charge in [-0.1, -0.05) is 47.5 Å². The summed E-state index contributed by atoms with van der Waals surface area (Å²) in [5.74, 6) is 0.00463. The van der Waals surface area contributed by atoms with Crippen molar-refractivity contribution in [2.24, 2.45) is 0 Å². The third-order valence-corrected chi connectivity index (χ3v) is 1.39. The molecule has 0 unspecified atom stereocenters. The Morgan fingerprint density at radius 1 is 1.00 bits per heavy atom. The second kappa shape index (κ2) is 36.2. The SMILES string of the molecule is CCC.CCCCOCCC.[CH2-]C(=O)CC.[CH3-].[K+]. The summed E-state index contributed by atoms with van der Waals surface area (Å²) in [6.07, 6.45) is 5.40. The predicted octanol–water partition coefficient (Wildman–Crippen LogP) is 1.88. The minimum atomic E-state index is 0. The first-order valence-electron chi connectivity index (χ1n) is 6.52. The molecule has 0 atom stereocenters. The van der Waals surface area contributed by atoms with Crippen LogP contribution in [0.3, 0.4) is 0 Å². The summed E-state index contributed by atoms with van der Waals surface area (Å²) in [7, 11) is 0. The molecule has 0 fully saturated rings. The van der Waals surface area contributed by atoms with Crippen LogP contribution in [0.25, 0.3) is 0 Å². The molecule has 0 heterocycles. The van der Waals surface area contributed by atoms with Gasteiger partial charge in [-0.15, -0.1) is 0 Å². The van der Waals surface area contributed by atoms with Gasteiger partial charge in [0.05, 0.1) is 0 Å². The van der Waals surface area contributed by atoms with Crippen molar-refractivity contribution in [1.82, 2.24) is 0 Å². The van der Waals surface area contributed by atoms with Crippen LogP contribution >= 0.6 is 0 Å².